The molecule has 0 saturated carbocycles. The van der Waals surface area contributed by atoms with E-state index in [0.29, 0.717) is 5.75 Å². The summed E-state index contributed by atoms with van der Waals surface area (Å²) in [5.41, 5.74) is 0.358. The molecule has 4 rings (SSSR count). The molecule has 0 saturated heterocycles. The van der Waals surface area contributed by atoms with Crippen molar-refractivity contribution >= 4 is 11.0 Å². The molecule has 0 aliphatic heterocycles. The van der Waals surface area contributed by atoms with Gasteiger partial charge in [-0.15, -0.1) is 0 Å². The van der Waals surface area contributed by atoms with E-state index < -0.39 is 22.9 Å². The second-order valence-electron chi connectivity index (χ2n) is 7.64. The van der Waals surface area contributed by atoms with Crippen molar-refractivity contribution in [3.63, 3.8) is 0 Å². The highest BCUT2D eigenvalue weighted by atomic mass is 19.4. The number of hydrogen-bond donors (Lipinski definition) is 0. The van der Waals surface area contributed by atoms with Crippen LogP contribution in [0.15, 0.2) is 69.9 Å². The topological polar surface area (TPSA) is 57.9 Å². The summed E-state index contributed by atoms with van der Waals surface area (Å²) in [6.45, 7) is 2.18. The van der Waals surface area contributed by atoms with Crippen LogP contribution < -0.4 is 19.6 Å². The maximum atomic E-state index is 14.0. The van der Waals surface area contributed by atoms with Crippen LogP contribution in [0.4, 0.5) is 13.2 Å². The maximum Gasteiger partial charge on any atom is 0.450 e. The van der Waals surface area contributed by atoms with Crippen LogP contribution in [0.3, 0.4) is 0 Å². The minimum Gasteiger partial charge on any atom is -0.493 e. The van der Waals surface area contributed by atoms with Crippen LogP contribution in [-0.4, -0.2) is 14.2 Å². The second-order valence-corrected chi connectivity index (χ2v) is 7.64. The SMILES string of the molecule is COc1ccc(-c2c(C(F)(F)F)oc3cc(OCc4ccc(C)cc4)ccc3c2=O)cc1OC. The highest BCUT2D eigenvalue weighted by molar-refractivity contribution is 5.84. The number of rotatable bonds is 6. The van der Waals surface area contributed by atoms with Gasteiger partial charge >= 0.3 is 6.18 Å². The number of ether oxygens (including phenoxy) is 3. The highest BCUT2D eigenvalue weighted by Gasteiger charge is 2.39. The Morgan fingerprint density at radius 2 is 1.59 bits per heavy atom. The van der Waals surface area contributed by atoms with Gasteiger partial charge in [0.2, 0.25) is 11.2 Å². The number of methoxy groups -OCH3 is 2. The summed E-state index contributed by atoms with van der Waals surface area (Å²) in [4.78, 5) is 13.2. The van der Waals surface area contributed by atoms with E-state index in [1.54, 1.807) is 0 Å². The second kappa shape index (κ2) is 9.13. The molecule has 0 amide bonds. The van der Waals surface area contributed by atoms with Gasteiger partial charge in [-0.3, -0.25) is 4.79 Å². The minimum atomic E-state index is -4.91. The molecule has 0 unspecified atom stereocenters. The molecule has 0 bridgehead atoms. The van der Waals surface area contributed by atoms with Crippen LogP contribution in [-0.2, 0) is 12.8 Å². The fourth-order valence-electron chi connectivity index (χ4n) is 3.57. The Morgan fingerprint density at radius 1 is 0.882 bits per heavy atom. The third-order valence-corrected chi connectivity index (χ3v) is 5.32. The molecule has 0 fully saturated rings. The number of benzene rings is 3. The molecule has 8 heteroatoms. The molecule has 0 spiro atoms. The van der Waals surface area contributed by atoms with Crippen molar-refractivity contribution in [3.8, 4) is 28.4 Å². The van der Waals surface area contributed by atoms with Crippen LogP contribution in [0, 0.1) is 6.92 Å². The molecule has 1 aromatic heterocycles. The third kappa shape index (κ3) is 4.57. The van der Waals surface area contributed by atoms with E-state index in [2.05, 4.69) is 0 Å². The Bertz CT molecular complexity index is 1390. The van der Waals surface area contributed by atoms with E-state index in [1.807, 2.05) is 31.2 Å². The average molecular weight is 470 g/mol. The van der Waals surface area contributed by atoms with Gasteiger partial charge in [-0.05, 0) is 42.3 Å². The molecular formula is C26H21F3O5. The van der Waals surface area contributed by atoms with Crippen molar-refractivity contribution in [2.75, 3.05) is 14.2 Å². The summed E-state index contributed by atoms with van der Waals surface area (Å²) in [6, 6.07) is 16.0. The summed E-state index contributed by atoms with van der Waals surface area (Å²) in [5, 5.41) is 0.000436. The fraction of sp³-hybridized carbons (Fsp3) is 0.192. The first-order valence-corrected chi connectivity index (χ1v) is 10.3. The predicted molar refractivity (Wildman–Crippen MR) is 122 cm³/mol. The van der Waals surface area contributed by atoms with Gasteiger partial charge in [0, 0.05) is 6.07 Å². The molecule has 0 aliphatic carbocycles. The molecule has 0 radical (unpaired) electrons. The van der Waals surface area contributed by atoms with Crippen LogP contribution in [0.5, 0.6) is 17.2 Å². The van der Waals surface area contributed by atoms with E-state index in [0.717, 1.165) is 11.1 Å². The first-order chi connectivity index (χ1) is 16.2. The molecule has 0 N–H and O–H groups in total. The normalized spacial score (nSPS) is 11.5. The lowest BCUT2D eigenvalue weighted by Gasteiger charge is -2.15. The molecule has 0 atom stereocenters. The van der Waals surface area contributed by atoms with E-state index >= 15 is 0 Å². The van der Waals surface area contributed by atoms with Crippen molar-refractivity contribution in [1.82, 2.24) is 0 Å². The highest BCUT2D eigenvalue weighted by Crippen LogP contribution is 2.40. The third-order valence-electron chi connectivity index (χ3n) is 5.32. The largest absolute Gasteiger partial charge is 0.493 e. The van der Waals surface area contributed by atoms with E-state index in [-0.39, 0.29) is 34.6 Å². The number of hydrogen-bond acceptors (Lipinski definition) is 5. The Balaban J connectivity index is 1.80. The first-order valence-electron chi connectivity index (χ1n) is 10.3. The Kier molecular flexibility index (Phi) is 6.24. The van der Waals surface area contributed by atoms with E-state index in [9.17, 15) is 18.0 Å². The zero-order valence-electron chi connectivity index (χ0n) is 18.7. The molecular weight excluding hydrogens is 449 g/mol. The van der Waals surface area contributed by atoms with Crippen LogP contribution in [0.2, 0.25) is 0 Å². The first kappa shape index (κ1) is 23.2. The monoisotopic (exact) mass is 470 g/mol. The van der Waals surface area contributed by atoms with Crippen molar-refractivity contribution in [2.24, 2.45) is 0 Å². The summed E-state index contributed by atoms with van der Waals surface area (Å²) in [6.07, 6.45) is -4.91. The van der Waals surface area contributed by atoms with Gasteiger partial charge in [-0.25, -0.2) is 0 Å². The number of halogens is 3. The Labute approximate surface area is 193 Å². The van der Waals surface area contributed by atoms with Gasteiger partial charge in [0.15, 0.2) is 11.5 Å². The van der Waals surface area contributed by atoms with Crippen LogP contribution in [0.1, 0.15) is 16.9 Å². The van der Waals surface area contributed by atoms with Crippen molar-refractivity contribution in [3.05, 3.63) is 87.8 Å². The molecule has 0 aliphatic rings. The van der Waals surface area contributed by atoms with Crippen molar-refractivity contribution in [1.29, 1.82) is 0 Å². The van der Waals surface area contributed by atoms with Gasteiger partial charge in [-0.1, -0.05) is 35.9 Å². The number of alkyl halides is 3. The quantitative estimate of drug-likeness (QED) is 0.327. The summed E-state index contributed by atoms with van der Waals surface area (Å²) >= 11 is 0. The summed E-state index contributed by atoms with van der Waals surface area (Å²) in [5.74, 6) is -0.607. The summed E-state index contributed by atoms with van der Waals surface area (Å²) in [7, 11) is 2.76. The van der Waals surface area contributed by atoms with Gasteiger partial charge in [-0.2, -0.15) is 13.2 Å². The number of fused-ring (bicyclic) bond motifs is 1. The molecule has 1 heterocycles. The van der Waals surface area contributed by atoms with Gasteiger partial charge in [0.25, 0.3) is 0 Å². The lowest BCUT2D eigenvalue weighted by atomic mass is 10.0. The minimum absolute atomic E-state index is 0.000299. The van der Waals surface area contributed by atoms with Crippen LogP contribution >= 0.6 is 0 Å². The standard InChI is InChI=1S/C26H21F3O5/c1-15-4-6-16(7-5-15)14-33-18-9-10-19-21(13-18)34-25(26(27,28)29)23(24(19)30)17-8-11-20(31-2)22(12-17)32-3/h4-13H,14H2,1-3H3. The smallest absolute Gasteiger partial charge is 0.450 e. The lowest BCUT2D eigenvalue weighted by Crippen LogP contribution is -2.16. The molecule has 5 nitrogen and oxygen atoms in total. The number of aryl methyl sites for hydroxylation is 1. The van der Waals surface area contributed by atoms with Crippen molar-refractivity contribution < 1.29 is 31.8 Å². The van der Waals surface area contributed by atoms with Gasteiger partial charge in [0.1, 0.15) is 17.9 Å². The molecule has 4 aromatic rings. The van der Waals surface area contributed by atoms with E-state index in [4.69, 9.17) is 18.6 Å². The lowest BCUT2D eigenvalue weighted by molar-refractivity contribution is -0.152. The van der Waals surface area contributed by atoms with Gasteiger partial charge in [0.05, 0.1) is 25.2 Å². The Morgan fingerprint density at radius 3 is 2.24 bits per heavy atom. The zero-order valence-corrected chi connectivity index (χ0v) is 18.7. The maximum absolute atomic E-state index is 14.0. The zero-order chi connectivity index (χ0) is 24.5. The summed E-state index contributed by atoms with van der Waals surface area (Å²) < 4.78 is 63.1. The molecule has 3 aromatic carbocycles. The van der Waals surface area contributed by atoms with E-state index in [1.165, 1.54) is 50.6 Å². The Hall–Kier alpha value is -3.94. The average Bonchev–Trinajstić information content (AvgIpc) is 2.82. The molecule has 176 valence electrons. The van der Waals surface area contributed by atoms with Crippen LogP contribution in [0.25, 0.3) is 22.1 Å². The fourth-order valence-corrected chi connectivity index (χ4v) is 3.57. The van der Waals surface area contributed by atoms with Crippen molar-refractivity contribution in [2.45, 2.75) is 19.7 Å². The predicted octanol–water partition coefficient (Wildman–Crippen LogP) is 6.38. The molecule has 34 heavy (non-hydrogen) atoms. The van der Waals surface area contributed by atoms with Gasteiger partial charge < -0.3 is 18.6 Å².